The third-order valence-corrected chi connectivity index (χ3v) is 13.1. The normalized spacial score (nSPS) is 11.5. The van der Waals surface area contributed by atoms with Crippen molar-refractivity contribution in [3.63, 3.8) is 0 Å². The monoisotopic (exact) mass is 808 g/mol. The first kappa shape index (κ1) is 35.9. The zero-order valence-corrected chi connectivity index (χ0v) is 34.3. The Bertz CT molecular complexity index is 3520. The molecule has 12 aromatic rings. The molecule has 12 rings (SSSR count). The summed E-state index contributed by atoms with van der Waals surface area (Å²) in [6.45, 7) is 0. The van der Waals surface area contributed by atoms with Crippen LogP contribution in [0.5, 0.6) is 0 Å². The van der Waals surface area contributed by atoms with Gasteiger partial charge >= 0.3 is 0 Å². The van der Waals surface area contributed by atoms with Crippen molar-refractivity contribution in [1.29, 1.82) is 0 Å². The average Bonchev–Trinajstić information content (AvgIpc) is 3.90. The Kier molecular flexibility index (Phi) is 8.65. The summed E-state index contributed by atoms with van der Waals surface area (Å²) in [4.78, 5) is 15.3. The van der Waals surface area contributed by atoms with Crippen LogP contribution in [0.25, 0.3) is 115 Å². The lowest BCUT2D eigenvalue weighted by molar-refractivity contribution is 1.16. The maximum Gasteiger partial charge on any atom is 0.160 e. The highest BCUT2D eigenvalue weighted by atomic mass is 32.1. The number of thiophene rings is 1. The standard InChI is InChI=1S/C57H36N4S/c1-5-15-37(16-6-1)42-26-30-52-48(34-42)54-55(47(49-23-13-14-32-58-49)35-46-45-33-43(38-17-7-2-8-18-38)27-31-53(45)62-56(46)54)61(52)44-28-24-41(25-29-44)57-59-50(39-19-9-3-10-20-39)36-51(60-57)40-21-11-4-12-22-40/h1-36H. The molecule has 0 saturated heterocycles. The summed E-state index contributed by atoms with van der Waals surface area (Å²) in [5.41, 5.74) is 14.9. The summed E-state index contributed by atoms with van der Waals surface area (Å²) in [6, 6.07) is 75.3. The van der Waals surface area contributed by atoms with Crippen molar-refractivity contribution in [3.05, 3.63) is 219 Å². The largest absolute Gasteiger partial charge is 0.309 e. The maximum absolute atomic E-state index is 5.14. The number of rotatable bonds is 7. The van der Waals surface area contributed by atoms with Gasteiger partial charge in [-0.05, 0) is 95.1 Å². The minimum absolute atomic E-state index is 0.683. The molecule has 0 spiro atoms. The molecular formula is C57H36N4S. The zero-order chi connectivity index (χ0) is 41.0. The Labute approximate surface area is 362 Å². The summed E-state index contributed by atoms with van der Waals surface area (Å²) in [7, 11) is 0. The van der Waals surface area contributed by atoms with Crippen LogP contribution in [0.2, 0.25) is 0 Å². The summed E-state index contributed by atoms with van der Waals surface area (Å²) >= 11 is 1.87. The van der Waals surface area contributed by atoms with Crippen LogP contribution in [-0.4, -0.2) is 19.5 Å². The quantitative estimate of drug-likeness (QED) is 0.161. The van der Waals surface area contributed by atoms with Crippen molar-refractivity contribution < 1.29 is 0 Å². The Balaban J connectivity index is 1.11. The molecule has 5 heteroatoms. The molecule has 0 saturated carbocycles. The van der Waals surface area contributed by atoms with Crippen molar-refractivity contribution >= 4 is 53.3 Å². The first-order valence-corrected chi connectivity index (χ1v) is 21.7. The van der Waals surface area contributed by atoms with E-state index in [0.717, 1.165) is 56.1 Å². The number of aromatic nitrogens is 4. The van der Waals surface area contributed by atoms with Gasteiger partial charge in [0.25, 0.3) is 0 Å². The van der Waals surface area contributed by atoms with Gasteiger partial charge in [-0.1, -0.05) is 140 Å². The number of hydrogen-bond acceptors (Lipinski definition) is 4. The molecule has 0 N–H and O–H groups in total. The fraction of sp³-hybridized carbons (Fsp3) is 0. The van der Waals surface area contributed by atoms with E-state index in [0.29, 0.717) is 5.82 Å². The highest BCUT2D eigenvalue weighted by molar-refractivity contribution is 7.26. The van der Waals surface area contributed by atoms with Crippen molar-refractivity contribution in [2.75, 3.05) is 0 Å². The molecule has 4 nitrogen and oxygen atoms in total. The highest BCUT2D eigenvalue weighted by Gasteiger charge is 2.23. The van der Waals surface area contributed by atoms with E-state index in [1.54, 1.807) is 0 Å². The van der Waals surface area contributed by atoms with Crippen LogP contribution in [0.15, 0.2) is 219 Å². The lowest BCUT2D eigenvalue weighted by Gasteiger charge is -2.13. The zero-order valence-electron chi connectivity index (χ0n) is 33.5. The molecule has 0 radical (unpaired) electrons. The molecule has 62 heavy (non-hydrogen) atoms. The van der Waals surface area contributed by atoms with Crippen LogP contribution in [0.1, 0.15) is 0 Å². The topological polar surface area (TPSA) is 43.6 Å². The van der Waals surface area contributed by atoms with Gasteiger partial charge in [-0.3, -0.25) is 4.98 Å². The molecule has 0 bridgehead atoms. The third kappa shape index (κ3) is 6.18. The Morgan fingerprint density at radius 1 is 0.387 bits per heavy atom. The van der Waals surface area contributed by atoms with Crippen molar-refractivity contribution in [1.82, 2.24) is 19.5 Å². The SMILES string of the molecule is c1ccc(-c2ccc3sc4c(cc(-c5ccccn5)c5c4c4cc(-c6ccccc6)ccc4n5-c4ccc(-c5nc(-c6ccccc6)cc(-c6ccccc6)n5)cc4)c3c2)cc1. The van der Waals surface area contributed by atoms with Crippen LogP contribution in [0, 0.1) is 0 Å². The molecule has 8 aromatic carbocycles. The summed E-state index contributed by atoms with van der Waals surface area (Å²) < 4.78 is 4.96. The predicted molar refractivity (Wildman–Crippen MR) is 260 cm³/mol. The maximum atomic E-state index is 5.14. The van der Waals surface area contributed by atoms with Gasteiger partial charge < -0.3 is 4.57 Å². The first-order valence-electron chi connectivity index (χ1n) is 20.8. The van der Waals surface area contributed by atoms with Crippen LogP contribution in [-0.2, 0) is 0 Å². The molecule has 4 aromatic heterocycles. The van der Waals surface area contributed by atoms with E-state index in [-0.39, 0.29) is 0 Å². The average molecular weight is 809 g/mol. The smallest absolute Gasteiger partial charge is 0.160 e. The van der Waals surface area contributed by atoms with Crippen molar-refractivity contribution in [2.24, 2.45) is 0 Å². The number of fused-ring (bicyclic) bond motifs is 7. The van der Waals surface area contributed by atoms with Crippen molar-refractivity contribution in [3.8, 4) is 73.1 Å². The number of nitrogens with zero attached hydrogens (tertiary/aromatic N) is 4. The van der Waals surface area contributed by atoms with Gasteiger partial charge in [0.2, 0.25) is 0 Å². The summed E-state index contributed by atoms with van der Waals surface area (Å²) in [5.74, 6) is 0.683. The number of hydrogen-bond donors (Lipinski definition) is 0. The minimum atomic E-state index is 0.683. The van der Waals surface area contributed by atoms with Crippen molar-refractivity contribution in [2.45, 2.75) is 0 Å². The predicted octanol–water partition coefficient (Wildman–Crippen LogP) is 15.3. The molecule has 0 fully saturated rings. The molecule has 290 valence electrons. The Morgan fingerprint density at radius 2 is 0.935 bits per heavy atom. The van der Waals surface area contributed by atoms with E-state index in [1.807, 2.05) is 35.7 Å². The van der Waals surface area contributed by atoms with Gasteiger partial charge in [-0.15, -0.1) is 11.3 Å². The van der Waals surface area contributed by atoms with E-state index in [9.17, 15) is 0 Å². The second-order valence-electron chi connectivity index (χ2n) is 15.6. The van der Waals surface area contributed by atoms with E-state index in [4.69, 9.17) is 15.0 Å². The molecule has 4 heterocycles. The molecule has 0 amide bonds. The second kappa shape index (κ2) is 14.9. The van der Waals surface area contributed by atoms with Gasteiger partial charge in [-0.2, -0.15) is 0 Å². The van der Waals surface area contributed by atoms with Gasteiger partial charge in [0.05, 0.1) is 28.1 Å². The fourth-order valence-corrected chi connectivity index (χ4v) is 10.1. The third-order valence-electron chi connectivity index (χ3n) is 11.9. The highest BCUT2D eigenvalue weighted by Crippen LogP contribution is 2.48. The van der Waals surface area contributed by atoms with E-state index in [2.05, 4.69) is 199 Å². The summed E-state index contributed by atoms with van der Waals surface area (Å²) in [5, 5.41) is 4.92. The van der Waals surface area contributed by atoms with Crippen LogP contribution < -0.4 is 0 Å². The molecule has 0 aliphatic carbocycles. The van der Waals surface area contributed by atoms with Gasteiger partial charge in [0, 0.05) is 65.1 Å². The van der Waals surface area contributed by atoms with Gasteiger partial charge in [0.1, 0.15) is 0 Å². The Morgan fingerprint density at radius 3 is 1.53 bits per heavy atom. The molecule has 0 atom stereocenters. The molecule has 0 unspecified atom stereocenters. The Hall–Kier alpha value is -7.99. The van der Waals surface area contributed by atoms with E-state index in [1.165, 1.54) is 53.2 Å². The first-order chi connectivity index (χ1) is 30.7. The lowest BCUT2D eigenvalue weighted by Crippen LogP contribution is -1.98. The van der Waals surface area contributed by atoms with E-state index >= 15 is 0 Å². The summed E-state index contributed by atoms with van der Waals surface area (Å²) in [6.07, 6.45) is 1.90. The van der Waals surface area contributed by atoms with Gasteiger partial charge in [0.15, 0.2) is 5.82 Å². The lowest BCUT2D eigenvalue weighted by atomic mass is 9.98. The van der Waals surface area contributed by atoms with E-state index < -0.39 is 0 Å². The number of pyridine rings is 1. The molecule has 0 aliphatic rings. The minimum Gasteiger partial charge on any atom is -0.309 e. The molecular weight excluding hydrogens is 773 g/mol. The van der Waals surface area contributed by atoms with Crippen LogP contribution in [0.3, 0.4) is 0 Å². The fourth-order valence-electron chi connectivity index (χ4n) is 8.89. The van der Waals surface area contributed by atoms with Crippen LogP contribution in [0.4, 0.5) is 0 Å². The number of benzene rings is 8. The van der Waals surface area contributed by atoms with Gasteiger partial charge in [-0.25, -0.2) is 9.97 Å². The van der Waals surface area contributed by atoms with Crippen LogP contribution >= 0.6 is 11.3 Å². The second-order valence-corrected chi connectivity index (χ2v) is 16.6. The molecule has 0 aliphatic heterocycles.